The fourth-order valence-corrected chi connectivity index (χ4v) is 6.50. The molecule has 2 bridgehead atoms. The number of aryl methyl sites for hydroxylation is 2. The fourth-order valence-electron chi connectivity index (χ4n) is 5.55. The molecule has 2 N–H and O–H groups in total. The number of rotatable bonds is 6. The van der Waals surface area contributed by atoms with Gasteiger partial charge in [0.25, 0.3) is 0 Å². The molecule has 0 spiro atoms. The second-order valence-electron chi connectivity index (χ2n) is 8.95. The van der Waals surface area contributed by atoms with Crippen molar-refractivity contribution in [3.05, 3.63) is 40.3 Å². The molecular weight excluding hydrogens is 426 g/mol. The van der Waals surface area contributed by atoms with Crippen LogP contribution in [-0.2, 0) is 14.3 Å². The Morgan fingerprint density at radius 2 is 1.72 bits per heavy atom. The van der Waals surface area contributed by atoms with Crippen LogP contribution >= 0.6 is 11.3 Å². The number of anilines is 1. The van der Waals surface area contributed by atoms with E-state index in [1.54, 1.807) is 6.92 Å². The lowest BCUT2D eigenvalue weighted by molar-refractivity contribution is -0.156. The number of ether oxygens (including phenoxy) is 1. The number of hydrogen-bond acceptors (Lipinski definition) is 5. The Hall–Kier alpha value is -2.67. The zero-order chi connectivity index (χ0) is 23.0. The lowest BCUT2D eigenvalue weighted by Crippen LogP contribution is -2.49. The topological polar surface area (TPSA) is 92.7 Å². The van der Waals surface area contributed by atoms with Gasteiger partial charge in [-0.05, 0) is 69.4 Å². The standard InChI is InChI=1S/C25H29NO5S/c1-4-31-25(30)21-18(17-10-5-13(2)11-14(17)3)12-32-23(21)26-22(27)19-15-6-8-16(9-7-15)20(19)24(28)29/h5,10-12,15-16,19-20H,4,6-9H2,1-3H3,(H,26,27)(H,28,29). The molecule has 2 atom stereocenters. The number of nitrogens with one attached hydrogen (secondary N) is 1. The van der Waals surface area contributed by atoms with Gasteiger partial charge in [0, 0.05) is 10.9 Å². The number of benzene rings is 1. The lowest BCUT2D eigenvalue weighted by Gasteiger charge is -2.45. The predicted molar refractivity (Wildman–Crippen MR) is 124 cm³/mol. The summed E-state index contributed by atoms with van der Waals surface area (Å²) in [6.07, 6.45) is 3.51. The van der Waals surface area contributed by atoms with Crippen molar-refractivity contribution in [2.24, 2.45) is 23.7 Å². The zero-order valence-corrected chi connectivity index (χ0v) is 19.5. The highest BCUT2D eigenvalue weighted by molar-refractivity contribution is 7.15. The van der Waals surface area contributed by atoms with E-state index in [1.807, 2.05) is 31.4 Å². The normalized spacial score (nSPS) is 24.2. The van der Waals surface area contributed by atoms with Gasteiger partial charge in [0.15, 0.2) is 0 Å². The van der Waals surface area contributed by atoms with E-state index in [4.69, 9.17) is 4.74 Å². The predicted octanol–water partition coefficient (Wildman–Crippen LogP) is 5.28. The molecule has 3 aliphatic rings. The van der Waals surface area contributed by atoms with Gasteiger partial charge in [0.1, 0.15) is 10.6 Å². The van der Waals surface area contributed by atoms with Gasteiger partial charge >= 0.3 is 11.9 Å². The van der Waals surface area contributed by atoms with Gasteiger partial charge in [-0.15, -0.1) is 11.3 Å². The second-order valence-corrected chi connectivity index (χ2v) is 9.83. The van der Waals surface area contributed by atoms with E-state index in [2.05, 4.69) is 11.4 Å². The molecule has 7 heteroatoms. The first-order chi connectivity index (χ1) is 15.3. The Morgan fingerprint density at radius 1 is 1.06 bits per heavy atom. The Morgan fingerprint density at radius 3 is 2.31 bits per heavy atom. The maximum atomic E-state index is 13.3. The molecule has 1 aromatic heterocycles. The Kier molecular flexibility index (Phi) is 6.38. The van der Waals surface area contributed by atoms with E-state index < -0.39 is 23.8 Å². The second kappa shape index (κ2) is 9.06. The van der Waals surface area contributed by atoms with Gasteiger partial charge in [-0.3, -0.25) is 9.59 Å². The number of esters is 1. The van der Waals surface area contributed by atoms with Crippen LogP contribution in [0.15, 0.2) is 23.6 Å². The summed E-state index contributed by atoms with van der Waals surface area (Å²) < 4.78 is 5.31. The van der Waals surface area contributed by atoms with Crippen LogP contribution in [0.4, 0.5) is 5.00 Å². The number of fused-ring (bicyclic) bond motifs is 3. The van der Waals surface area contributed by atoms with Crippen LogP contribution in [0.5, 0.6) is 0 Å². The Bertz CT molecular complexity index is 1050. The Labute approximate surface area is 192 Å². The number of carbonyl (C=O) groups excluding carboxylic acids is 2. The number of carboxylic acids is 1. The van der Waals surface area contributed by atoms with Crippen LogP contribution in [0.25, 0.3) is 11.1 Å². The van der Waals surface area contributed by atoms with Crippen molar-refractivity contribution in [2.45, 2.75) is 46.5 Å². The third-order valence-corrected chi connectivity index (χ3v) is 7.88. The molecule has 2 unspecified atom stereocenters. The monoisotopic (exact) mass is 455 g/mol. The molecule has 1 amide bonds. The summed E-state index contributed by atoms with van der Waals surface area (Å²) in [7, 11) is 0. The SMILES string of the molecule is CCOC(=O)c1c(-c2ccc(C)cc2C)csc1NC(=O)C1C2CCC(CC2)C1C(=O)O. The maximum Gasteiger partial charge on any atom is 0.341 e. The van der Waals surface area contributed by atoms with Crippen molar-refractivity contribution in [1.29, 1.82) is 0 Å². The van der Waals surface area contributed by atoms with Crippen molar-refractivity contribution < 1.29 is 24.2 Å². The van der Waals surface area contributed by atoms with Crippen LogP contribution in [0, 0.1) is 37.5 Å². The zero-order valence-electron chi connectivity index (χ0n) is 18.6. The summed E-state index contributed by atoms with van der Waals surface area (Å²) in [4.78, 5) is 38.2. The highest BCUT2D eigenvalue weighted by atomic mass is 32.1. The molecule has 1 heterocycles. The maximum absolute atomic E-state index is 13.3. The average Bonchev–Trinajstić information content (AvgIpc) is 3.17. The van der Waals surface area contributed by atoms with Gasteiger partial charge in [0.2, 0.25) is 5.91 Å². The Balaban J connectivity index is 1.69. The van der Waals surface area contributed by atoms with Crippen LogP contribution in [0.1, 0.15) is 54.1 Å². The average molecular weight is 456 g/mol. The van der Waals surface area contributed by atoms with Crippen molar-refractivity contribution in [2.75, 3.05) is 11.9 Å². The minimum absolute atomic E-state index is 0.0480. The third-order valence-electron chi connectivity index (χ3n) is 6.99. The van der Waals surface area contributed by atoms with Crippen molar-refractivity contribution in [3.8, 4) is 11.1 Å². The number of hydrogen-bond donors (Lipinski definition) is 2. The minimum atomic E-state index is -0.896. The van der Waals surface area contributed by atoms with Crippen molar-refractivity contribution in [3.63, 3.8) is 0 Å². The van der Waals surface area contributed by atoms with Gasteiger partial charge in [0.05, 0.1) is 18.4 Å². The van der Waals surface area contributed by atoms with E-state index in [-0.39, 0.29) is 24.3 Å². The van der Waals surface area contributed by atoms with E-state index in [0.29, 0.717) is 10.6 Å². The summed E-state index contributed by atoms with van der Waals surface area (Å²) in [5.41, 5.74) is 4.13. The van der Waals surface area contributed by atoms with E-state index in [1.165, 1.54) is 11.3 Å². The molecule has 6 nitrogen and oxygen atoms in total. The largest absolute Gasteiger partial charge is 0.481 e. The highest BCUT2D eigenvalue weighted by Gasteiger charge is 2.50. The third kappa shape index (κ3) is 4.06. The van der Waals surface area contributed by atoms with Crippen LogP contribution in [0.3, 0.4) is 0 Å². The number of carbonyl (C=O) groups is 3. The van der Waals surface area contributed by atoms with E-state index in [9.17, 15) is 19.5 Å². The van der Waals surface area contributed by atoms with Gasteiger partial charge in [-0.2, -0.15) is 0 Å². The molecule has 0 aliphatic heterocycles. The van der Waals surface area contributed by atoms with E-state index >= 15 is 0 Å². The smallest absolute Gasteiger partial charge is 0.341 e. The summed E-state index contributed by atoms with van der Waals surface area (Å²) in [6, 6.07) is 6.02. The van der Waals surface area contributed by atoms with Crippen molar-refractivity contribution >= 4 is 34.2 Å². The molecule has 0 radical (unpaired) electrons. The molecule has 0 saturated heterocycles. The first-order valence-electron chi connectivity index (χ1n) is 11.2. The van der Waals surface area contributed by atoms with Gasteiger partial charge in [-0.25, -0.2) is 4.79 Å². The summed E-state index contributed by atoms with van der Waals surface area (Å²) >= 11 is 1.28. The van der Waals surface area contributed by atoms with Crippen LogP contribution in [0.2, 0.25) is 0 Å². The quantitative estimate of drug-likeness (QED) is 0.578. The number of amides is 1. The minimum Gasteiger partial charge on any atom is -0.481 e. The van der Waals surface area contributed by atoms with Gasteiger partial charge in [-0.1, -0.05) is 23.8 Å². The van der Waals surface area contributed by atoms with Crippen LogP contribution < -0.4 is 5.32 Å². The fraction of sp³-hybridized carbons (Fsp3) is 0.480. The van der Waals surface area contributed by atoms with Crippen molar-refractivity contribution in [1.82, 2.24) is 0 Å². The lowest BCUT2D eigenvalue weighted by atomic mass is 9.58. The molecule has 32 heavy (non-hydrogen) atoms. The molecule has 1 aromatic carbocycles. The summed E-state index contributed by atoms with van der Waals surface area (Å²) in [6.45, 7) is 5.97. The molecular formula is C25H29NO5S. The molecule has 3 saturated carbocycles. The highest BCUT2D eigenvalue weighted by Crippen LogP contribution is 2.49. The molecule has 3 fully saturated rings. The first kappa shape index (κ1) is 22.5. The number of carboxylic acid groups (broad SMARTS) is 1. The summed E-state index contributed by atoms with van der Waals surface area (Å²) in [5.74, 6) is -2.79. The first-order valence-corrected chi connectivity index (χ1v) is 12.1. The molecule has 170 valence electrons. The molecule has 2 aromatic rings. The van der Waals surface area contributed by atoms with Crippen LogP contribution in [-0.4, -0.2) is 29.6 Å². The number of thiophene rings is 1. The number of aliphatic carboxylic acids is 1. The molecule has 5 rings (SSSR count). The summed E-state index contributed by atoms with van der Waals surface area (Å²) in [5, 5.41) is 15.0. The van der Waals surface area contributed by atoms with E-state index in [0.717, 1.165) is 47.9 Å². The molecule has 3 aliphatic carbocycles. The van der Waals surface area contributed by atoms with Gasteiger partial charge < -0.3 is 15.2 Å².